The molecule has 1 aromatic heterocycles. The summed E-state index contributed by atoms with van der Waals surface area (Å²) in [5.41, 5.74) is 13.0. The van der Waals surface area contributed by atoms with Crippen molar-refractivity contribution in [3.63, 3.8) is 0 Å². The maximum atomic E-state index is 11.5. The van der Waals surface area contributed by atoms with E-state index in [9.17, 15) is 4.79 Å². The molecule has 0 bridgehead atoms. The van der Waals surface area contributed by atoms with E-state index in [1.54, 1.807) is 6.20 Å². The molecule has 1 aromatic rings. The fourth-order valence-corrected chi connectivity index (χ4v) is 2.44. The lowest BCUT2D eigenvalue weighted by molar-refractivity contribution is -0.125. The Hall–Kier alpha value is -1.62. The Morgan fingerprint density at radius 1 is 1.61 bits per heavy atom. The number of anilines is 1. The van der Waals surface area contributed by atoms with E-state index in [0.29, 0.717) is 13.1 Å². The summed E-state index contributed by atoms with van der Waals surface area (Å²) in [6, 6.07) is 1.95. The molecule has 1 aliphatic heterocycles. The van der Waals surface area contributed by atoms with Gasteiger partial charge in [-0.3, -0.25) is 4.79 Å². The van der Waals surface area contributed by atoms with Crippen molar-refractivity contribution in [2.75, 3.05) is 18.0 Å². The lowest BCUT2D eigenvalue weighted by Gasteiger charge is -2.24. The average molecular weight is 248 g/mol. The average Bonchev–Trinajstić information content (AvgIpc) is 2.73. The fourth-order valence-electron chi connectivity index (χ4n) is 2.44. The van der Waals surface area contributed by atoms with Gasteiger partial charge in [0.2, 0.25) is 5.91 Å². The molecule has 0 spiro atoms. The highest BCUT2D eigenvalue weighted by Gasteiger charge is 2.39. The molecular weight excluding hydrogens is 228 g/mol. The number of pyridine rings is 1. The summed E-state index contributed by atoms with van der Waals surface area (Å²) < 4.78 is 0. The number of carbonyl (C=O) groups excluding carboxylic acids is 1. The second kappa shape index (κ2) is 4.57. The highest BCUT2D eigenvalue weighted by molar-refractivity contribution is 5.82. The number of hydrogen-bond acceptors (Lipinski definition) is 4. The van der Waals surface area contributed by atoms with Crippen molar-refractivity contribution < 1.29 is 4.79 Å². The summed E-state index contributed by atoms with van der Waals surface area (Å²) in [7, 11) is 0. The lowest BCUT2D eigenvalue weighted by atomic mass is 9.89. The summed E-state index contributed by atoms with van der Waals surface area (Å²) in [4.78, 5) is 18.0. The minimum Gasteiger partial charge on any atom is -0.369 e. The molecule has 1 aliphatic rings. The third-order valence-electron chi connectivity index (χ3n) is 3.84. The van der Waals surface area contributed by atoms with Crippen molar-refractivity contribution in [1.82, 2.24) is 4.98 Å². The molecule has 2 heterocycles. The van der Waals surface area contributed by atoms with Crippen molar-refractivity contribution >= 4 is 11.7 Å². The lowest BCUT2D eigenvalue weighted by Crippen LogP contribution is -2.37. The van der Waals surface area contributed by atoms with Crippen LogP contribution in [-0.2, 0) is 11.3 Å². The quantitative estimate of drug-likeness (QED) is 0.818. The van der Waals surface area contributed by atoms with E-state index in [0.717, 1.165) is 29.9 Å². The fraction of sp³-hybridized carbons (Fsp3) is 0.538. The van der Waals surface area contributed by atoms with Crippen LogP contribution in [0.5, 0.6) is 0 Å². The van der Waals surface area contributed by atoms with E-state index in [1.165, 1.54) is 0 Å². The van der Waals surface area contributed by atoms with Gasteiger partial charge < -0.3 is 16.4 Å². The van der Waals surface area contributed by atoms with E-state index in [4.69, 9.17) is 11.5 Å². The standard InChI is InChI=1S/C13H20N4O/c1-9-3-5-16-11(10(9)7-14)17-6-4-13(2,8-17)12(15)18/h3,5H,4,6-8,14H2,1-2H3,(H2,15,18). The van der Waals surface area contributed by atoms with Gasteiger partial charge >= 0.3 is 0 Å². The highest BCUT2D eigenvalue weighted by atomic mass is 16.1. The summed E-state index contributed by atoms with van der Waals surface area (Å²) in [6.45, 7) is 5.80. The number of rotatable bonds is 3. The Morgan fingerprint density at radius 2 is 2.33 bits per heavy atom. The molecule has 0 saturated carbocycles. The Bertz CT molecular complexity index is 474. The molecular formula is C13H20N4O. The first-order chi connectivity index (χ1) is 8.48. The summed E-state index contributed by atoms with van der Waals surface area (Å²) in [5, 5.41) is 0. The van der Waals surface area contributed by atoms with Crippen LogP contribution in [0, 0.1) is 12.3 Å². The number of amides is 1. The minimum atomic E-state index is -0.461. The number of primary amides is 1. The molecule has 1 atom stereocenters. The molecule has 1 unspecified atom stereocenters. The van der Waals surface area contributed by atoms with Crippen LogP contribution in [0.25, 0.3) is 0 Å². The van der Waals surface area contributed by atoms with Gasteiger partial charge in [0.25, 0.3) is 0 Å². The third kappa shape index (κ3) is 2.06. The van der Waals surface area contributed by atoms with Crippen molar-refractivity contribution in [3.8, 4) is 0 Å². The number of nitrogens with two attached hydrogens (primary N) is 2. The van der Waals surface area contributed by atoms with Crippen molar-refractivity contribution in [2.24, 2.45) is 16.9 Å². The van der Waals surface area contributed by atoms with Gasteiger partial charge in [-0.15, -0.1) is 0 Å². The maximum Gasteiger partial charge on any atom is 0.225 e. The predicted octanol–water partition coefficient (Wildman–Crippen LogP) is 0.550. The molecule has 0 aliphatic carbocycles. The molecule has 0 radical (unpaired) electrons. The van der Waals surface area contributed by atoms with Gasteiger partial charge in [0.1, 0.15) is 5.82 Å². The second-order valence-corrected chi connectivity index (χ2v) is 5.23. The maximum absolute atomic E-state index is 11.5. The van der Waals surface area contributed by atoms with Crippen LogP contribution in [0.2, 0.25) is 0 Å². The van der Waals surface area contributed by atoms with Gasteiger partial charge in [0.05, 0.1) is 5.41 Å². The van der Waals surface area contributed by atoms with Crippen LogP contribution >= 0.6 is 0 Å². The van der Waals surface area contributed by atoms with E-state index in [1.807, 2.05) is 19.9 Å². The van der Waals surface area contributed by atoms with Gasteiger partial charge in [-0.1, -0.05) is 0 Å². The van der Waals surface area contributed by atoms with Crippen molar-refractivity contribution in [3.05, 3.63) is 23.4 Å². The number of nitrogens with zero attached hydrogens (tertiary/aromatic N) is 2. The Kier molecular flexibility index (Phi) is 3.26. The zero-order valence-corrected chi connectivity index (χ0v) is 10.9. The van der Waals surface area contributed by atoms with E-state index in [-0.39, 0.29) is 5.91 Å². The molecule has 0 aromatic carbocycles. The van der Waals surface area contributed by atoms with Gasteiger partial charge in [-0.25, -0.2) is 4.98 Å². The minimum absolute atomic E-state index is 0.244. The van der Waals surface area contributed by atoms with Crippen LogP contribution in [0.3, 0.4) is 0 Å². The number of aromatic nitrogens is 1. The molecule has 5 heteroatoms. The molecule has 18 heavy (non-hydrogen) atoms. The van der Waals surface area contributed by atoms with Gasteiger partial charge in [-0.05, 0) is 31.9 Å². The Balaban J connectivity index is 2.30. The molecule has 1 saturated heterocycles. The first kappa shape index (κ1) is 12.8. The van der Waals surface area contributed by atoms with E-state index < -0.39 is 5.41 Å². The topological polar surface area (TPSA) is 85.2 Å². The summed E-state index contributed by atoms with van der Waals surface area (Å²) >= 11 is 0. The van der Waals surface area contributed by atoms with Crippen molar-refractivity contribution in [2.45, 2.75) is 26.8 Å². The zero-order valence-electron chi connectivity index (χ0n) is 10.9. The summed E-state index contributed by atoms with van der Waals surface area (Å²) in [6.07, 6.45) is 2.55. The first-order valence-corrected chi connectivity index (χ1v) is 6.17. The molecule has 98 valence electrons. The molecule has 1 amide bonds. The monoisotopic (exact) mass is 248 g/mol. The van der Waals surface area contributed by atoms with Gasteiger partial charge in [0, 0.05) is 31.4 Å². The van der Waals surface area contributed by atoms with Crippen LogP contribution in [0.15, 0.2) is 12.3 Å². The van der Waals surface area contributed by atoms with Crippen LogP contribution in [0.4, 0.5) is 5.82 Å². The largest absolute Gasteiger partial charge is 0.369 e. The summed E-state index contributed by atoms with van der Waals surface area (Å²) in [5.74, 6) is 0.648. The predicted molar refractivity (Wildman–Crippen MR) is 71.0 cm³/mol. The van der Waals surface area contributed by atoms with E-state index in [2.05, 4.69) is 9.88 Å². The number of carbonyl (C=O) groups is 1. The Morgan fingerprint density at radius 3 is 2.89 bits per heavy atom. The molecule has 1 fully saturated rings. The van der Waals surface area contributed by atoms with Gasteiger partial charge in [-0.2, -0.15) is 0 Å². The molecule has 4 N–H and O–H groups in total. The SMILES string of the molecule is Cc1ccnc(N2CCC(C)(C(N)=O)C2)c1CN. The molecule has 2 rings (SSSR count). The molecule has 5 nitrogen and oxygen atoms in total. The first-order valence-electron chi connectivity index (χ1n) is 6.17. The number of aryl methyl sites for hydroxylation is 1. The third-order valence-corrected chi connectivity index (χ3v) is 3.84. The number of hydrogen-bond donors (Lipinski definition) is 2. The normalized spacial score (nSPS) is 23.4. The highest BCUT2D eigenvalue weighted by Crippen LogP contribution is 2.33. The smallest absolute Gasteiger partial charge is 0.225 e. The zero-order chi connectivity index (χ0) is 13.3. The van der Waals surface area contributed by atoms with Crippen molar-refractivity contribution in [1.29, 1.82) is 0 Å². The van der Waals surface area contributed by atoms with Crippen LogP contribution in [0.1, 0.15) is 24.5 Å². The van der Waals surface area contributed by atoms with Gasteiger partial charge in [0.15, 0.2) is 0 Å². The second-order valence-electron chi connectivity index (χ2n) is 5.23. The van der Waals surface area contributed by atoms with E-state index >= 15 is 0 Å². The van der Waals surface area contributed by atoms with Crippen LogP contribution in [-0.4, -0.2) is 24.0 Å². The Labute approximate surface area is 107 Å². The van der Waals surface area contributed by atoms with Crippen LogP contribution < -0.4 is 16.4 Å².